The summed E-state index contributed by atoms with van der Waals surface area (Å²) >= 11 is 1.96. The number of hydrogen-bond acceptors (Lipinski definition) is 6. The second-order valence-corrected chi connectivity index (χ2v) is 7.11. The lowest BCUT2D eigenvalue weighted by Crippen LogP contribution is -2.18. The van der Waals surface area contributed by atoms with E-state index >= 15 is 0 Å². The summed E-state index contributed by atoms with van der Waals surface area (Å²) in [6.07, 6.45) is 3.40. The van der Waals surface area contributed by atoms with Crippen molar-refractivity contribution in [3.63, 3.8) is 0 Å². The molecule has 7 heteroatoms. The molecule has 3 aromatic rings. The van der Waals surface area contributed by atoms with Crippen LogP contribution in [0.4, 0.5) is 10.2 Å². The Kier molecular flexibility index (Phi) is 4.65. The maximum Gasteiger partial charge on any atom is 0.259 e. The zero-order valence-corrected chi connectivity index (χ0v) is 14.3. The zero-order chi connectivity index (χ0) is 17.1. The van der Waals surface area contributed by atoms with Gasteiger partial charge in [0.05, 0.1) is 5.56 Å². The molecule has 1 N–H and O–H groups in total. The number of benzene rings is 1. The third kappa shape index (κ3) is 3.99. The van der Waals surface area contributed by atoms with Gasteiger partial charge in [0.1, 0.15) is 11.6 Å². The molecule has 25 heavy (non-hydrogen) atoms. The van der Waals surface area contributed by atoms with Crippen LogP contribution in [0.25, 0.3) is 11.5 Å². The molecule has 1 aliphatic heterocycles. The minimum atomic E-state index is -0.256. The van der Waals surface area contributed by atoms with Crippen LogP contribution in [-0.4, -0.2) is 32.7 Å². The predicted octanol–water partition coefficient (Wildman–Crippen LogP) is 3.78. The molecule has 1 fully saturated rings. The second kappa shape index (κ2) is 7.23. The van der Waals surface area contributed by atoms with E-state index in [2.05, 4.69) is 20.4 Å². The summed E-state index contributed by atoms with van der Waals surface area (Å²) in [6.45, 7) is 0. The lowest BCUT2D eigenvalue weighted by molar-refractivity contribution is 0.424. The molecule has 0 saturated carbocycles. The van der Waals surface area contributed by atoms with E-state index in [4.69, 9.17) is 4.52 Å². The van der Waals surface area contributed by atoms with E-state index in [9.17, 15) is 4.39 Å². The first-order valence-electron chi connectivity index (χ1n) is 8.14. The molecule has 2 aromatic heterocycles. The van der Waals surface area contributed by atoms with Crippen LogP contribution in [0.15, 0.2) is 47.1 Å². The molecule has 1 saturated heterocycles. The Labute approximate surface area is 149 Å². The number of pyridine rings is 1. The van der Waals surface area contributed by atoms with Crippen LogP contribution in [0.1, 0.15) is 17.8 Å². The first-order chi connectivity index (χ1) is 12.3. The maximum atomic E-state index is 12.9. The fourth-order valence-corrected chi connectivity index (χ4v) is 3.84. The summed E-state index contributed by atoms with van der Waals surface area (Å²) in [7, 11) is 0. The van der Waals surface area contributed by atoms with Gasteiger partial charge in [-0.15, -0.1) is 0 Å². The van der Waals surface area contributed by atoms with Crippen molar-refractivity contribution in [2.24, 2.45) is 0 Å². The van der Waals surface area contributed by atoms with Crippen LogP contribution in [-0.2, 0) is 6.42 Å². The largest absolute Gasteiger partial charge is 0.366 e. The van der Waals surface area contributed by atoms with Crippen molar-refractivity contribution < 1.29 is 8.91 Å². The maximum absolute atomic E-state index is 12.9. The van der Waals surface area contributed by atoms with Crippen LogP contribution < -0.4 is 5.32 Å². The highest BCUT2D eigenvalue weighted by molar-refractivity contribution is 7.99. The van der Waals surface area contributed by atoms with Gasteiger partial charge in [-0.05, 0) is 42.0 Å². The molecule has 4 rings (SSSR count). The van der Waals surface area contributed by atoms with E-state index in [1.165, 1.54) is 24.3 Å². The van der Waals surface area contributed by atoms with Gasteiger partial charge < -0.3 is 9.84 Å². The Bertz CT molecular complexity index is 829. The van der Waals surface area contributed by atoms with E-state index < -0.39 is 0 Å². The van der Waals surface area contributed by atoms with Gasteiger partial charge in [-0.2, -0.15) is 16.7 Å². The monoisotopic (exact) mass is 356 g/mol. The number of aromatic nitrogens is 3. The summed E-state index contributed by atoms with van der Waals surface area (Å²) in [5, 5.41) is 7.42. The van der Waals surface area contributed by atoms with Gasteiger partial charge in [0.15, 0.2) is 5.82 Å². The molecule has 3 heterocycles. The number of nitrogens with zero attached hydrogens (tertiary/aromatic N) is 3. The Balaban J connectivity index is 1.43. The fraction of sp³-hybridized carbons (Fsp3) is 0.278. The van der Waals surface area contributed by atoms with Crippen molar-refractivity contribution in [1.29, 1.82) is 0 Å². The Hall–Kier alpha value is -2.41. The van der Waals surface area contributed by atoms with Crippen LogP contribution in [0.2, 0.25) is 0 Å². The number of thioether (sulfide) groups is 1. The number of nitrogens with one attached hydrogen (secondary N) is 1. The molecule has 128 valence electrons. The standard InChI is InChI=1S/C18H17FN4OS/c19-14-4-1-12(2-5-14)9-17-22-18(24-23-17)13-3-6-16(20-10-13)21-15-7-8-25-11-15/h1-6,10,15H,7-9,11H2,(H,20,21)/t15-/m1/s1. The topological polar surface area (TPSA) is 63.8 Å². The highest BCUT2D eigenvalue weighted by Gasteiger charge is 2.16. The van der Waals surface area contributed by atoms with Gasteiger partial charge >= 0.3 is 0 Å². The average molecular weight is 356 g/mol. The lowest BCUT2D eigenvalue weighted by Gasteiger charge is -2.11. The predicted molar refractivity (Wildman–Crippen MR) is 96.1 cm³/mol. The summed E-state index contributed by atoms with van der Waals surface area (Å²) in [5.41, 5.74) is 1.71. The molecule has 0 spiro atoms. The van der Waals surface area contributed by atoms with Crippen molar-refractivity contribution in [2.45, 2.75) is 18.9 Å². The van der Waals surface area contributed by atoms with E-state index in [0.717, 1.165) is 22.7 Å². The van der Waals surface area contributed by atoms with E-state index in [1.54, 1.807) is 18.3 Å². The molecule has 0 amide bonds. The number of anilines is 1. The molecule has 1 aliphatic rings. The molecule has 5 nitrogen and oxygen atoms in total. The summed E-state index contributed by atoms with van der Waals surface area (Å²) in [6, 6.07) is 10.6. The number of halogens is 1. The SMILES string of the molecule is Fc1ccc(Cc2noc(-c3ccc(N[C@@H]4CCSC4)nc3)n2)cc1. The highest BCUT2D eigenvalue weighted by Crippen LogP contribution is 2.22. The third-order valence-electron chi connectivity index (χ3n) is 4.04. The molecule has 0 unspecified atom stereocenters. The van der Waals surface area contributed by atoms with Crippen LogP contribution in [0, 0.1) is 5.82 Å². The lowest BCUT2D eigenvalue weighted by atomic mass is 10.1. The van der Waals surface area contributed by atoms with E-state index in [1.807, 2.05) is 23.9 Å². The first-order valence-corrected chi connectivity index (χ1v) is 9.29. The second-order valence-electron chi connectivity index (χ2n) is 5.96. The smallest absolute Gasteiger partial charge is 0.259 e. The normalized spacial score (nSPS) is 16.9. The van der Waals surface area contributed by atoms with Gasteiger partial charge in [0.2, 0.25) is 0 Å². The molecule has 0 bridgehead atoms. The highest BCUT2D eigenvalue weighted by atomic mass is 32.2. The van der Waals surface area contributed by atoms with Crippen LogP contribution >= 0.6 is 11.8 Å². The minimum absolute atomic E-state index is 0.256. The first kappa shape index (κ1) is 16.1. The third-order valence-corrected chi connectivity index (χ3v) is 5.20. The van der Waals surface area contributed by atoms with Gasteiger partial charge in [0.25, 0.3) is 5.89 Å². The fourth-order valence-electron chi connectivity index (χ4n) is 2.69. The van der Waals surface area contributed by atoms with Crippen molar-refractivity contribution in [3.05, 3.63) is 59.8 Å². The number of hydrogen-bond donors (Lipinski definition) is 1. The molecule has 0 aliphatic carbocycles. The number of rotatable bonds is 5. The van der Waals surface area contributed by atoms with Gasteiger partial charge in [0, 0.05) is 24.4 Å². The van der Waals surface area contributed by atoms with Gasteiger partial charge in [-0.3, -0.25) is 0 Å². The zero-order valence-electron chi connectivity index (χ0n) is 13.5. The van der Waals surface area contributed by atoms with Crippen molar-refractivity contribution >= 4 is 17.6 Å². The Morgan fingerprint density at radius 2 is 2.08 bits per heavy atom. The molecule has 1 aromatic carbocycles. The van der Waals surface area contributed by atoms with E-state index in [-0.39, 0.29) is 5.82 Å². The van der Waals surface area contributed by atoms with Gasteiger partial charge in [-0.1, -0.05) is 17.3 Å². The van der Waals surface area contributed by atoms with Crippen LogP contribution in [0.3, 0.4) is 0 Å². The molecular formula is C18H17FN4OS. The Morgan fingerprint density at radius 1 is 1.20 bits per heavy atom. The summed E-state index contributed by atoms with van der Waals surface area (Å²) < 4.78 is 18.3. The summed E-state index contributed by atoms with van der Waals surface area (Å²) in [5.74, 6) is 3.93. The van der Waals surface area contributed by atoms with Crippen LogP contribution in [0.5, 0.6) is 0 Å². The van der Waals surface area contributed by atoms with Crippen molar-refractivity contribution in [2.75, 3.05) is 16.8 Å². The quantitative estimate of drug-likeness (QED) is 0.751. The molecular weight excluding hydrogens is 339 g/mol. The molecule has 0 radical (unpaired) electrons. The molecule has 1 atom stereocenters. The van der Waals surface area contributed by atoms with Crippen molar-refractivity contribution in [1.82, 2.24) is 15.1 Å². The van der Waals surface area contributed by atoms with E-state index in [0.29, 0.717) is 24.2 Å². The summed E-state index contributed by atoms with van der Waals surface area (Å²) in [4.78, 5) is 8.83. The van der Waals surface area contributed by atoms with Crippen molar-refractivity contribution in [3.8, 4) is 11.5 Å². The average Bonchev–Trinajstić information content (AvgIpc) is 3.30. The minimum Gasteiger partial charge on any atom is -0.366 e. The Morgan fingerprint density at radius 3 is 2.80 bits per heavy atom. The van der Waals surface area contributed by atoms with Gasteiger partial charge in [-0.25, -0.2) is 9.37 Å².